The zero-order valence-electron chi connectivity index (χ0n) is 16.2. The summed E-state index contributed by atoms with van der Waals surface area (Å²) in [6.07, 6.45) is 0.868. The zero-order chi connectivity index (χ0) is 20.7. The van der Waals surface area contributed by atoms with Crippen molar-refractivity contribution >= 4 is 38.4 Å². The number of carbonyl (C=O) groups is 1. The van der Waals surface area contributed by atoms with Gasteiger partial charge in [0, 0.05) is 24.7 Å². The highest BCUT2D eigenvalue weighted by molar-refractivity contribution is 7.16. The van der Waals surface area contributed by atoms with Crippen LogP contribution in [0.1, 0.15) is 23.9 Å². The molecule has 152 valence electrons. The number of thiazole rings is 1. The second-order valence-corrected chi connectivity index (χ2v) is 7.90. The fourth-order valence-corrected chi connectivity index (χ4v) is 4.55. The Bertz CT molecular complexity index is 1410. The Hall–Kier alpha value is -3.39. The molecule has 4 aromatic rings. The summed E-state index contributed by atoms with van der Waals surface area (Å²) in [7, 11) is 0. The molecule has 0 radical (unpaired) electrons. The molecule has 0 saturated carbocycles. The normalized spacial score (nSPS) is 13.8. The summed E-state index contributed by atoms with van der Waals surface area (Å²) >= 11 is 1.39. The molecule has 30 heavy (non-hydrogen) atoms. The van der Waals surface area contributed by atoms with Crippen LogP contribution in [0.15, 0.2) is 56.7 Å². The van der Waals surface area contributed by atoms with Crippen LogP contribution in [0, 0.1) is 0 Å². The van der Waals surface area contributed by atoms with Crippen LogP contribution in [0.25, 0.3) is 21.2 Å². The number of hydrogen-bond donors (Lipinski definition) is 0. The van der Waals surface area contributed by atoms with Crippen molar-refractivity contribution in [3.05, 3.63) is 63.2 Å². The van der Waals surface area contributed by atoms with Gasteiger partial charge in [0.25, 0.3) is 0 Å². The first-order valence-corrected chi connectivity index (χ1v) is 10.5. The molecule has 0 N–H and O–H groups in total. The summed E-state index contributed by atoms with van der Waals surface area (Å²) < 4.78 is 19.9. The monoisotopic (exact) mass is 422 g/mol. The number of para-hydroxylation sites is 1. The standard InChI is InChI=1S/C22H18N2O5S/c1-2-7-24-14-10-17-18(28-9-8-27-17)12-20(14)30-22(24)23-21(26)19-11-15(25)13-5-3-4-6-16(13)29-19/h3-6,10-12H,2,7-9H2,1H3. The van der Waals surface area contributed by atoms with Crippen LogP contribution in [-0.4, -0.2) is 23.7 Å². The minimum Gasteiger partial charge on any atom is -0.486 e. The van der Waals surface area contributed by atoms with Gasteiger partial charge in [0.1, 0.15) is 18.8 Å². The first kappa shape index (κ1) is 18.6. The highest BCUT2D eigenvalue weighted by Crippen LogP contribution is 2.35. The van der Waals surface area contributed by atoms with Crippen LogP contribution in [0.5, 0.6) is 11.5 Å². The fourth-order valence-electron chi connectivity index (χ4n) is 3.48. The quantitative estimate of drug-likeness (QED) is 0.502. The van der Waals surface area contributed by atoms with Gasteiger partial charge in [-0.2, -0.15) is 4.99 Å². The molecular weight excluding hydrogens is 404 g/mol. The maximum absolute atomic E-state index is 12.8. The van der Waals surface area contributed by atoms with E-state index in [0.29, 0.717) is 47.0 Å². The van der Waals surface area contributed by atoms with Crippen molar-refractivity contribution < 1.29 is 18.7 Å². The predicted octanol–water partition coefficient (Wildman–Crippen LogP) is 3.73. The SMILES string of the molecule is CCCn1c(=NC(=O)c2cc(=O)c3ccccc3o2)sc2cc3c(cc21)OCCO3. The van der Waals surface area contributed by atoms with Gasteiger partial charge in [-0.25, -0.2) is 0 Å². The number of aromatic nitrogens is 1. The fraction of sp³-hybridized carbons (Fsp3) is 0.227. The molecule has 0 spiro atoms. The largest absolute Gasteiger partial charge is 0.486 e. The highest BCUT2D eigenvalue weighted by atomic mass is 32.1. The topological polar surface area (TPSA) is 83.0 Å². The van der Waals surface area contributed by atoms with Gasteiger partial charge in [-0.3, -0.25) is 9.59 Å². The van der Waals surface area contributed by atoms with E-state index in [1.54, 1.807) is 24.3 Å². The van der Waals surface area contributed by atoms with Crippen LogP contribution in [-0.2, 0) is 6.54 Å². The summed E-state index contributed by atoms with van der Waals surface area (Å²) in [6, 6.07) is 11.9. The van der Waals surface area contributed by atoms with Crippen molar-refractivity contribution in [2.75, 3.05) is 13.2 Å². The first-order chi connectivity index (χ1) is 14.6. The third-order valence-corrected chi connectivity index (χ3v) is 5.88. The molecule has 0 fully saturated rings. The van der Waals surface area contributed by atoms with Gasteiger partial charge < -0.3 is 18.5 Å². The van der Waals surface area contributed by atoms with Crippen molar-refractivity contribution in [2.45, 2.75) is 19.9 Å². The molecule has 0 unspecified atom stereocenters. The number of hydrogen-bond acceptors (Lipinski definition) is 6. The van der Waals surface area contributed by atoms with Gasteiger partial charge in [0.05, 0.1) is 15.6 Å². The second kappa shape index (κ2) is 7.46. The Morgan fingerprint density at radius 2 is 1.90 bits per heavy atom. The molecule has 1 amide bonds. The van der Waals surface area contributed by atoms with E-state index in [0.717, 1.165) is 16.6 Å². The number of amides is 1. The van der Waals surface area contributed by atoms with Gasteiger partial charge in [0.15, 0.2) is 27.5 Å². The van der Waals surface area contributed by atoms with Crippen LogP contribution in [0.2, 0.25) is 0 Å². The molecule has 0 saturated heterocycles. The number of rotatable bonds is 3. The van der Waals surface area contributed by atoms with Crippen molar-refractivity contribution in [3.63, 3.8) is 0 Å². The summed E-state index contributed by atoms with van der Waals surface area (Å²) in [5.74, 6) is 0.712. The lowest BCUT2D eigenvalue weighted by Crippen LogP contribution is -2.18. The summed E-state index contributed by atoms with van der Waals surface area (Å²) in [4.78, 5) is 30.0. The molecule has 2 aromatic heterocycles. The van der Waals surface area contributed by atoms with E-state index >= 15 is 0 Å². The maximum atomic E-state index is 12.8. The van der Waals surface area contributed by atoms with Crippen molar-refractivity contribution in [3.8, 4) is 11.5 Å². The average molecular weight is 422 g/mol. The Balaban J connectivity index is 1.65. The summed E-state index contributed by atoms with van der Waals surface area (Å²) in [5.41, 5.74) is 1.02. The molecule has 0 aliphatic carbocycles. The van der Waals surface area contributed by atoms with E-state index in [9.17, 15) is 9.59 Å². The summed E-state index contributed by atoms with van der Waals surface area (Å²) in [6.45, 7) is 3.76. The highest BCUT2D eigenvalue weighted by Gasteiger charge is 2.17. The molecule has 1 aliphatic rings. The molecule has 8 heteroatoms. The van der Waals surface area contributed by atoms with Crippen LogP contribution < -0.4 is 19.7 Å². The van der Waals surface area contributed by atoms with Crippen molar-refractivity contribution in [2.24, 2.45) is 4.99 Å². The Morgan fingerprint density at radius 3 is 2.70 bits per heavy atom. The van der Waals surface area contributed by atoms with Crippen molar-refractivity contribution in [1.29, 1.82) is 0 Å². The number of nitrogens with zero attached hydrogens (tertiary/aromatic N) is 2. The van der Waals surface area contributed by atoms with Gasteiger partial charge in [-0.05, 0) is 18.6 Å². The van der Waals surface area contributed by atoms with E-state index < -0.39 is 5.91 Å². The van der Waals surface area contributed by atoms with Gasteiger partial charge in [-0.1, -0.05) is 30.4 Å². The second-order valence-electron chi connectivity index (χ2n) is 6.89. The molecule has 2 aromatic carbocycles. The lowest BCUT2D eigenvalue weighted by Gasteiger charge is -2.18. The Labute approximate surface area is 174 Å². The third kappa shape index (κ3) is 3.19. The molecule has 5 rings (SSSR count). The lowest BCUT2D eigenvalue weighted by atomic mass is 10.2. The number of benzene rings is 2. The van der Waals surface area contributed by atoms with Crippen LogP contribution in [0.4, 0.5) is 0 Å². The molecule has 1 aliphatic heterocycles. The van der Waals surface area contributed by atoms with E-state index in [-0.39, 0.29) is 11.2 Å². The number of ether oxygens (including phenoxy) is 2. The Morgan fingerprint density at radius 1 is 1.13 bits per heavy atom. The van der Waals surface area contributed by atoms with E-state index in [1.807, 2.05) is 16.7 Å². The molecular formula is C22H18N2O5S. The first-order valence-electron chi connectivity index (χ1n) is 9.69. The smallest absolute Gasteiger partial charge is 0.315 e. The van der Waals surface area contributed by atoms with E-state index in [4.69, 9.17) is 13.9 Å². The van der Waals surface area contributed by atoms with E-state index in [2.05, 4.69) is 11.9 Å². The molecule has 7 nitrogen and oxygen atoms in total. The average Bonchev–Trinajstić information content (AvgIpc) is 3.08. The molecule has 0 atom stereocenters. The number of carbonyl (C=O) groups excluding carboxylic acids is 1. The molecule has 0 bridgehead atoms. The zero-order valence-corrected chi connectivity index (χ0v) is 17.0. The van der Waals surface area contributed by atoms with Crippen molar-refractivity contribution in [1.82, 2.24) is 4.57 Å². The van der Waals surface area contributed by atoms with Gasteiger partial charge in [0.2, 0.25) is 0 Å². The van der Waals surface area contributed by atoms with Gasteiger partial charge >= 0.3 is 5.91 Å². The number of aryl methyl sites for hydroxylation is 1. The Kier molecular flexibility index (Phi) is 4.63. The maximum Gasteiger partial charge on any atom is 0.315 e. The van der Waals surface area contributed by atoms with Gasteiger partial charge in [-0.15, -0.1) is 0 Å². The van der Waals surface area contributed by atoms with E-state index in [1.165, 1.54) is 17.4 Å². The molecule has 3 heterocycles. The minimum absolute atomic E-state index is 0.0786. The van der Waals surface area contributed by atoms with Crippen LogP contribution >= 0.6 is 11.3 Å². The predicted molar refractivity (Wildman–Crippen MR) is 113 cm³/mol. The lowest BCUT2D eigenvalue weighted by molar-refractivity contribution is 0.0972. The minimum atomic E-state index is -0.591. The number of fused-ring (bicyclic) bond motifs is 3. The van der Waals surface area contributed by atoms with Crippen LogP contribution in [0.3, 0.4) is 0 Å². The summed E-state index contributed by atoms with van der Waals surface area (Å²) in [5, 5.41) is 0.433. The third-order valence-electron chi connectivity index (χ3n) is 4.84.